The van der Waals surface area contributed by atoms with E-state index in [1.807, 2.05) is 0 Å². The minimum atomic E-state index is -4.37. The average molecular weight is 1060 g/mol. The van der Waals surface area contributed by atoms with Gasteiger partial charge in [0.25, 0.3) is 11.8 Å². The van der Waals surface area contributed by atoms with Gasteiger partial charge in [-0.15, -0.1) is 0 Å². The lowest BCUT2D eigenvalue weighted by Crippen LogP contribution is -2.45. The van der Waals surface area contributed by atoms with Crippen molar-refractivity contribution in [1.29, 1.82) is 0 Å². The van der Waals surface area contributed by atoms with Crippen LogP contribution >= 0.6 is 23.2 Å². The molecule has 2 saturated heterocycles. The molecule has 2 amide bonds. The van der Waals surface area contributed by atoms with Crippen molar-refractivity contribution in [2.24, 2.45) is 0 Å². The molecule has 382 valence electrons. The lowest BCUT2D eigenvalue weighted by molar-refractivity contribution is -0.137. The SMILES string of the molecule is CCCCCCNC1CCN(S(=O)(=O)c2ccc(CNC(=O)c3ccc(Cl)cc3)cc2)CC1.O=C(Nc1ccc(S(=O)(=O)N2CCC(NCCc3cccc(C(F)(F)F)c3)CC2)cc1)c1ccc(Cl)cc1. The van der Waals surface area contributed by atoms with Crippen LogP contribution < -0.4 is 21.3 Å². The van der Waals surface area contributed by atoms with Crippen molar-refractivity contribution in [3.8, 4) is 0 Å². The summed E-state index contributed by atoms with van der Waals surface area (Å²) >= 11 is 11.7. The number of nitrogens with zero attached hydrogens (tertiary/aromatic N) is 2. The van der Waals surface area contributed by atoms with Gasteiger partial charge in [0.15, 0.2) is 0 Å². The number of amides is 2. The summed E-state index contributed by atoms with van der Waals surface area (Å²) in [6, 6.07) is 31.6. The molecule has 12 nitrogen and oxygen atoms in total. The Morgan fingerprint density at radius 1 is 0.606 bits per heavy atom. The Hall–Kier alpha value is -4.85. The smallest absolute Gasteiger partial charge is 0.348 e. The molecular weight excluding hydrogens is 997 g/mol. The minimum absolute atomic E-state index is 0.0812. The summed E-state index contributed by atoms with van der Waals surface area (Å²) in [4.78, 5) is 25.0. The molecule has 0 radical (unpaired) electrons. The number of unbranched alkanes of at least 4 members (excludes halogenated alkanes) is 3. The van der Waals surface area contributed by atoms with Gasteiger partial charge in [0.05, 0.1) is 15.4 Å². The fourth-order valence-corrected chi connectivity index (χ4v) is 11.5. The molecule has 0 aliphatic carbocycles. The molecule has 0 spiro atoms. The Labute approximate surface area is 425 Å². The lowest BCUT2D eigenvalue weighted by Gasteiger charge is -2.31. The maximum absolute atomic E-state index is 13.1. The lowest BCUT2D eigenvalue weighted by atomic mass is 10.1. The van der Waals surface area contributed by atoms with Crippen LogP contribution in [0.2, 0.25) is 10.0 Å². The van der Waals surface area contributed by atoms with Gasteiger partial charge in [0.2, 0.25) is 20.0 Å². The molecule has 71 heavy (non-hydrogen) atoms. The first-order chi connectivity index (χ1) is 33.9. The van der Waals surface area contributed by atoms with Gasteiger partial charge in [-0.1, -0.05) is 79.7 Å². The summed E-state index contributed by atoms with van der Waals surface area (Å²) in [5.74, 6) is -0.537. The van der Waals surface area contributed by atoms with E-state index < -0.39 is 31.8 Å². The van der Waals surface area contributed by atoms with Crippen LogP contribution in [0.4, 0.5) is 18.9 Å². The molecule has 0 saturated carbocycles. The molecule has 0 aromatic heterocycles. The largest absolute Gasteiger partial charge is 0.416 e. The van der Waals surface area contributed by atoms with Gasteiger partial charge >= 0.3 is 6.18 Å². The zero-order chi connectivity index (χ0) is 51.0. The van der Waals surface area contributed by atoms with Crippen LogP contribution in [0.1, 0.15) is 95.7 Å². The highest BCUT2D eigenvalue weighted by molar-refractivity contribution is 7.89. The number of sulfonamides is 2. The van der Waals surface area contributed by atoms with E-state index >= 15 is 0 Å². The van der Waals surface area contributed by atoms with Crippen molar-refractivity contribution >= 4 is 60.8 Å². The normalized spacial score (nSPS) is 15.4. The van der Waals surface area contributed by atoms with Crippen LogP contribution in [0, 0.1) is 0 Å². The van der Waals surface area contributed by atoms with Gasteiger partial charge in [-0.05, 0) is 154 Å². The third kappa shape index (κ3) is 16.6. The highest BCUT2D eigenvalue weighted by atomic mass is 35.5. The number of piperidine rings is 2. The van der Waals surface area contributed by atoms with Crippen LogP contribution in [-0.2, 0) is 39.2 Å². The Morgan fingerprint density at radius 3 is 1.61 bits per heavy atom. The van der Waals surface area contributed by atoms with E-state index in [0.717, 1.165) is 37.1 Å². The molecule has 2 aliphatic heterocycles. The van der Waals surface area contributed by atoms with Crippen LogP contribution in [0.3, 0.4) is 0 Å². The second-order valence-corrected chi connectivity index (χ2v) is 22.3. The van der Waals surface area contributed by atoms with Gasteiger partial charge in [-0.25, -0.2) is 16.8 Å². The highest BCUT2D eigenvalue weighted by Crippen LogP contribution is 2.30. The first kappa shape index (κ1) is 55.5. The Balaban J connectivity index is 0.000000235. The van der Waals surface area contributed by atoms with Crippen molar-refractivity contribution < 1.29 is 39.6 Å². The minimum Gasteiger partial charge on any atom is -0.348 e. The number of alkyl halides is 3. The molecule has 2 aliphatic rings. The first-order valence-electron chi connectivity index (χ1n) is 23.9. The van der Waals surface area contributed by atoms with Crippen molar-refractivity contribution in [2.75, 3.05) is 44.6 Å². The van der Waals surface area contributed by atoms with E-state index in [4.69, 9.17) is 23.2 Å². The molecule has 2 heterocycles. The standard InChI is InChI=1S/C27H27ClF3N3O3S.C25H34ClN3O3S/c28-22-6-4-20(5-7-22)26(35)33-24-8-10-25(11-9-24)38(36,37)34-16-13-23(14-17-34)32-15-12-19-2-1-3-21(18-19)27(29,30)31;1-2-3-4-5-16-27-23-14-17-29(18-15-23)33(31,32)24-12-6-20(7-13-24)19-28-25(30)21-8-10-22(26)11-9-21/h1-11,18,23,32H,12-17H2,(H,33,35);6-13,23,27H,2-5,14-19H2,1H3,(H,28,30). The van der Waals surface area contributed by atoms with Gasteiger partial charge in [0.1, 0.15) is 0 Å². The van der Waals surface area contributed by atoms with E-state index in [0.29, 0.717) is 102 Å². The fourth-order valence-electron chi connectivity index (χ4n) is 8.26. The number of halogens is 5. The second-order valence-electron chi connectivity index (χ2n) is 17.6. The number of benzene rings is 5. The molecule has 4 N–H and O–H groups in total. The summed E-state index contributed by atoms with van der Waals surface area (Å²) in [7, 11) is -7.21. The van der Waals surface area contributed by atoms with Crippen LogP contribution in [0.25, 0.3) is 0 Å². The van der Waals surface area contributed by atoms with E-state index in [1.165, 1.54) is 48.2 Å². The number of nitrogens with one attached hydrogen (secondary N) is 4. The number of carbonyl (C=O) groups is 2. The summed E-state index contributed by atoms with van der Waals surface area (Å²) in [6.07, 6.45) is 3.87. The number of carbonyl (C=O) groups excluding carboxylic acids is 2. The number of hydrogen-bond donors (Lipinski definition) is 4. The van der Waals surface area contributed by atoms with Crippen molar-refractivity contribution in [3.63, 3.8) is 0 Å². The fraction of sp³-hybridized carbons (Fsp3) is 0.385. The van der Waals surface area contributed by atoms with Gasteiger partial charge < -0.3 is 21.3 Å². The predicted molar refractivity (Wildman–Crippen MR) is 274 cm³/mol. The van der Waals surface area contributed by atoms with E-state index in [1.54, 1.807) is 95.3 Å². The number of rotatable bonds is 19. The zero-order valence-electron chi connectivity index (χ0n) is 39.6. The first-order valence-corrected chi connectivity index (χ1v) is 27.5. The zero-order valence-corrected chi connectivity index (χ0v) is 42.7. The van der Waals surface area contributed by atoms with Crippen LogP contribution in [0.5, 0.6) is 0 Å². The van der Waals surface area contributed by atoms with E-state index in [2.05, 4.69) is 28.2 Å². The summed E-state index contributed by atoms with van der Waals surface area (Å²) < 4.78 is 94.0. The highest BCUT2D eigenvalue weighted by Gasteiger charge is 2.32. The summed E-state index contributed by atoms with van der Waals surface area (Å²) in [6.45, 7) is 5.77. The Morgan fingerprint density at radius 2 is 1.10 bits per heavy atom. The molecule has 0 bridgehead atoms. The molecule has 7 rings (SSSR count). The predicted octanol–water partition coefficient (Wildman–Crippen LogP) is 10.2. The van der Waals surface area contributed by atoms with E-state index in [9.17, 15) is 39.6 Å². The van der Waals surface area contributed by atoms with Crippen molar-refractivity contribution in [3.05, 3.63) is 159 Å². The molecule has 0 atom stereocenters. The topological polar surface area (TPSA) is 157 Å². The van der Waals surface area contributed by atoms with Crippen molar-refractivity contribution in [2.45, 2.75) is 99.3 Å². The Bertz CT molecular complexity index is 2720. The third-order valence-corrected chi connectivity index (χ3v) is 16.8. The molecule has 19 heteroatoms. The maximum Gasteiger partial charge on any atom is 0.416 e. The maximum atomic E-state index is 13.1. The molecule has 2 fully saturated rings. The van der Waals surface area contributed by atoms with Gasteiger partial charge in [0, 0.05) is 71.7 Å². The van der Waals surface area contributed by atoms with Gasteiger partial charge in [-0.3, -0.25) is 9.59 Å². The summed E-state index contributed by atoms with van der Waals surface area (Å²) in [5.41, 5.74) is 2.19. The van der Waals surface area contributed by atoms with Crippen LogP contribution in [-0.4, -0.2) is 88.6 Å². The van der Waals surface area contributed by atoms with Gasteiger partial charge in [-0.2, -0.15) is 21.8 Å². The molecule has 5 aromatic rings. The Kier molecular flexibility index (Phi) is 20.5. The molecule has 0 unspecified atom stereocenters. The molecule has 5 aromatic carbocycles. The monoisotopic (exact) mass is 1060 g/mol. The van der Waals surface area contributed by atoms with Crippen LogP contribution in [0.15, 0.2) is 131 Å². The van der Waals surface area contributed by atoms with Crippen molar-refractivity contribution in [1.82, 2.24) is 24.6 Å². The van der Waals surface area contributed by atoms with E-state index in [-0.39, 0.29) is 22.8 Å². The molecular formula is C52H61Cl2F3N6O6S2. The quantitative estimate of drug-likeness (QED) is 0.0596. The average Bonchev–Trinajstić information content (AvgIpc) is 3.36. The number of hydrogen-bond acceptors (Lipinski definition) is 8. The summed E-state index contributed by atoms with van der Waals surface area (Å²) in [5, 5.41) is 13.6. The second kappa shape index (κ2) is 26.2. The number of anilines is 1. The third-order valence-electron chi connectivity index (χ3n) is 12.4.